The van der Waals surface area contributed by atoms with Crippen molar-refractivity contribution in [3.8, 4) is 0 Å². The van der Waals surface area contributed by atoms with Crippen LogP contribution in [0.4, 0.5) is 5.69 Å². The summed E-state index contributed by atoms with van der Waals surface area (Å²) in [6.45, 7) is 3.43. The number of hydrogen-bond donors (Lipinski definition) is 1. The standard InChI is InChI=1S/C18H20N2O2S/c1-13-4-9-16(23-13)12-19-17(21)11-14-5-7-15(8-6-14)20-10-2-3-18(20)22/h4-9H,2-3,10-12H2,1H3,(H,19,21). The van der Waals surface area contributed by atoms with Gasteiger partial charge in [-0.3, -0.25) is 9.59 Å². The molecule has 1 aliphatic rings. The molecule has 1 fully saturated rings. The molecule has 1 saturated heterocycles. The molecular formula is C18H20N2O2S. The molecule has 1 aromatic heterocycles. The van der Waals surface area contributed by atoms with Gasteiger partial charge in [-0.05, 0) is 43.2 Å². The molecule has 3 rings (SSSR count). The molecule has 2 aromatic rings. The number of benzene rings is 1. The lowest BCUT2D eigenvalue weighted by Gasteiger charge is -2.15. The van der Waals surface area contributed by atoms with E-state index in [1.165, 1.54) is 9.75 Å². The fraction of sp³-hybridized carbons (Fsp3) is 0.333. The number of aryl methyl sites for hydroxylation is 1. The maximum Gasteiger partial charge on any atom is 0.227 e. The number of carbonyl (C=O) groups is 2. The predicted octanol–water partition coefficient (Wildman–Crippen LogP) is 3.04. The second-order valence-corrected chi connectivity index (χ2v) is 7.15. The van der Waals surface area contributed by atoms with Crippen LogP contribution in [0.5, 0.6) is 0 Å². The molecule has 120 valence electrons. The van der Waals surface area contributed by atoms with Crippen molar-refractivity contribution < 1.29 is 9.59 Å². The summed E-state index contributed by atoms with van der Waals surface area (Å²) in [6.07, 6.45) is 1.91. The van der Waals surface area contributed by atoms with Crippen molar-refractivity contribution in [3.63, 3.8) is 0 Å². The lowest BCUT2D eigenvalue weighted by molar-refractivity contribution is -0.120. The average Bonchev–Trinajstić information content (AvgIpc) is 3.14. The molecule has 1 aliphatic heterocycles. The van der Waals surface area contributed by atoms with Crippen molar-refractivity contribution >= 4 is 28.8 Å². The quantitative estimate of drug-likeness (QED) is 0.917. The van der Waals surface area contributed by atoms with Gasteiger partial charge < -0.3 is 10.2 Å². The summed E-state index contributed by atoms with van der Waals surface area (Å²) in [5.74, 6) is 0.197. The normalized spacial score (nSPS) is 14.3. The van der Waals surface area contributed by atoms with E-state index in [0.29, 0.717) is 19.4 Å². The number of anilines is 1. The first-order valence-electron chi connectivity index (χ1n) is 7.83. The Hall–Kier alpha value is -2.14. The number of thiophene rings is 1. The molecule has 0 saturated carbocycles. The number of hydrogen-bond acceptors (Lipinski definition) is 3. The topological polar surface area (TPSA) is 49.4 Å². The van der Waals surface area contributed by atoms with Gasteiger partial charge in [0.1, 0.15) is 0 Å². The molecule has 23 heavy (non-hydrogen) atoms. The minimum absolute atomic E-state index is 0.0149. The molecule has 1 N–H and O–H groups in total. The van der Waals surface area contributed by atoms with Crippen LogP contribution in [0.15, 0.2) is 36.4 Å². The van der Waals surface area contributed by atoms with Crippen LogP contribution < -0.4 is 10.2 Å². The van der Waals surface area contributed by atoms with Gasteiger partial charge in [0.15, 0.2) is 0 Å². The Bertz CT molecular complexity index is 706. The van der Waals surface area contributed by atoms with Crippen molar-refractivity contribution in [1.82, 2.24) is 5.32 Å². The summed E-state index contributed by atoms with van der Waals surface area (Å²) >= 11 is 1.70. The molecular weight excluding hydrogens is 308 g/mol. The Balaban J connectivity index is 1.53. The van der Waals surface area contributed by atoms with Gasteiger partial charge in [0, 0.05) is 28.4 Å². The maximum absolute atomic E-state index is 12.0. The molecule has 0 unspecified atom stereocenters. The second-order valence-electron chi connectivity index (χ2n) is 5.78. The first-order valence-corrected chi connectivity index (χ1v) is 8.65. The number of nitrogens with zero attached hydrogens (tertiary/aromatic N) is 1. The molecule has 0 spiro atoms. The summed E-state index contributed by atoms with van der Waals surface area (Å²) < 4.78 is 0. The molecule has 4 nitrogen and oxygen atoms in total. The zero-order chi connectivity index (χ0) is 16.2. The van der Waals surface area contributed by atoms with Gasteiger partial charge in [-0.15, -0.1) is 11.3 Å². The third kappa shape index (κ3) is 3.99. The Morgan fingerprint density at radius 3 is 2.61 bits per heavy atom. The van der Waals surface area contributed by atoms with Gasteiger partial charge in [-0.2, -0.15) is 0 Å². The summed E-state index contributed by atoms with van der Waals surface area (Å²) in [4.78, 5) is 28.0. The van der Waals surface area contributed by atoms with E-state index in [0.717, 1.165) is 24.2 Å². The second kappa shape index (κ2) is 6.96. The van der Waals surface area contributed by atoms with E-state index in [1.807, 2.05) is 35.2 Å². The number of carbonyl (C=O) groups excluding carboxylic acids is 2. The van der Waals surface area contributed by atoms with Gasteiger partial charge in [-0.25, -0.2) is 0 Å². The molecule has 1 aromatic carbocycles. The van der Waals surface area contributed by atoms with Crippen molar-refractivity contribution in [2.45, 2.75) is 32.7 Å². The predicted molar refractivity (Wildman–Crippen MR) is 92.6 cm³/mol. The van der Waals surface area contributed by atoms with E-state index < -0.39 is 0 Å². The highest BCUT2D eigenvalue weighted by Gasteiger charge is 2.21. The van der Waals surface area contributed by atoms with Crippen LogP contribution in [0.1, 0.15) is 28.2 Å². The van der Waals surface area contributed by atoms with Crippen molar-refractivity contribution in [1.29, 1.82) is 0 Å². The fourth-order valence-corrected chi connectivity index (χ4v) is 3.56. The van der Waals surface area contributed by atoms with Gasteiger partial charge >= 0.3 is 0 Å². The van der Waals surface area contributed by atoms with E-state index in [1.54, 1.807) is 11.3 Å². The highest BCUT2D eigenvalue weighted by Crippen LogP contribution is 2.21. The van der Waals surface area contributed by atoms with E-state index in [9.17, 15) is 9.59 Å². The highest BCUT2D eigenvalue weighted by atomic mass is 32.1. The molecule has 0 atom stereocenters. The maximum atomic E-state index is 12.0. The number of nitrogens with one attached hydrogen (secondary N) is 1. The first kappa shape index (κ1) is 15.7. The first-order chi connectivity index (χ1) is 11.1. The van der Waals surface area contributed by atoms with Crippen LogP contribution in [0.3, 0.4) is 0 Å². The smallest absolute Gasteiger partial charge is 0.227 e. The molecule has 0 aliphatic carbocycles. The highest BCUT2D eigenvalue weighted by molar-refractivity contribution is 7.11. The number of rotatable bonds is 5. The van der Waals surface area contributed by atoms with Gasteiger partial charge in [0.05, 0.1) is 13.0 Å². The van der Waals surface area contributed by atoms with Crippen LogP contribution in [-0.4, -0.2) is 18.4 Å². The van der Waals surface area contributed by atoms with Crippen LogP contribution in [0.25, 0.3) is 0 Å². The SMILES string of the molecule is Cc1ccc(CNC(=O)Cc2ccc(N3CCCC3=O)cc2)s1. The monoisotopic (exact) mass is 328 g/mol. The van der Waals surface area contributed by atoms with E-state index in [4.69, 9.17) is 0 Å². The fourth-order valence-electron chi connectivity index (χ4n) is 2.73. The number of amides is 2. The van der Waals surface area contributed by atoms with Crippen LogP contribution in [-0.2, 0) is 22.6 Å². The lowest BCUT2D eigenvalue weighted by atomic mass is 10.1. The Morgan fingerprint density at radius 2 is 2.00 bits per heavy atom. The van der Waals surface area contributed by atoms with Crippen molar-refractivity contribution in [2.75, 3.05) is 11.4 Å². The molecule has 2 amide bonds. The van der Waals surface area contributed by atoms with Crippen molar-refractivity contribution in [2.24, 2.45) is 0 Å². The van der Waals surface area contributed by atoms with Crippen LogP contribution >= 0.6 is 11.3 Å². The third-order valence-electron chi connectivity index (χ3n) is 3.94. The Labute approximate surface area is 140 Å². The Morgan fingerprint density at radius 1 is 1.22 bits per heavy atom. The van der Waals surface area contributed by atoms with Crippen molar-refractivity contribution in [3.05, 3.63) is 51.7 Å². The largest absolute Gasteiger partial charge is 0.351 e. The van der Waals surface area contributed by atoms with Crippen LogP contribution in [0, 0.1) is 6.92 Å². The van der Waals surface area contributed by atoms with E-state index in [2.05, 4.69) is 18.3 Å². The Kier molecular flexibility index (Phi) is 4.76. The molecule has 0 bridgehead atoms. The summed E-state index contributed by atoms with van der Waals surface area (Å²) in [5, 5.41) is 2.94. The molecule has 2 heterocycles. The van der Waals surface area contributed by atoms with Gasteiger partial charge in [0.2, 0.25) is 11.8 Å². The third-order valence-corrected chi connectivity index (χ3v) is 4.94. The molecule has 5 heteroatoms. The van der Waals surface area contributed by atoms with Gasteiger partial charge in [-0.1, -0.05) is 12.1 Å². The minimum Gasteiger partial charge on any atom is -0.351 e. The van der Waals surface area contributed by atoms with E-state index >= 15 is 0 Å². The summed E-state index contributed by atoms with van der Waals surface area (Å²) in [6, 6.07) is 11.8. The molecule has 0 radical (unpaired) electrons. The zero-order valence-corrected chi connectivity index (χ0v) is 14.0. The van der Waals surface area contributed by atoms with Crippen LogP contribution in [0.2, 0.25) is 0 Å². The summed E-state index contributed by atoms with van der Waals surface area (Å²) in [7, 11) is 0. The average molecular weight is 328 g/mol. The van der Waals surface area contributed by atoms with Gasteiger partial charge in [0.25, 0.3) is 0 Å². The lowest BCUT2D eigenvalue weighted by Crippen LogP contribution is -2.25. The zero-order valence-electron chi connectivity index (χ0n) is 13.2. The minimum atomic E-state index is 0.0149. The summed E-state index contributed by atoms with van der Waals surface area (Å²) in [5.41, 5.74) is 1.88. The van der Waals surface area contributed by atoms with E-state index in [-0.39, 0.29) is 11.8 Å².